The van der Waals surface area contributed by atoms with Gasteiger partial charge < -0.3 is 20.5 Å². The second-order valence-corrected chi connectivity index (χ2v) is 6.67. The van der Waals surface area contributed by atoms with Crippen LogP contribution in [0.2, 0.25) is 0 Å². The quantitative estimate of drug-likeness (QED) is 0.628. The molecular formula is C19H24N2O4. The van der Waals surface area contributed by atoms with E-state index in [1.54, 1.807) is 19.9 Å². The minimum absolute atomic E-state index is 0.272. The Kier molecular flexibility index (Phi) is 4.45. The standard InChI is InChI=1S/C19H24N2O4/c1-4-24-17(22)15-13-10-19(3,21-13)16(18(23)25-5-2)14(15)11-8-6-7-9-12(11)20/h6-9,14,16,21H,4-5,10,20H2,1-3H3. The van der Waals surface area contributed by atoms with E-state index in [0.29, 0.717) is 17.7 Å². The van der Waals surface area contributed by atoms with E-state index in [9.17, 15) is 9.59 Å². The number of rotatable bonds is 5. The van der Waals surface area contributed by atoms with Crippen molar-refractivity contribution in [3.05, 3.63) is 41.1 Å². The largest absolute Gasteiger partial charge is 0.466 e. The van der Waals surface area contributed by atoms with Gasteiger partial charge in [0.2, 0.25) is 0 Å². The molecule has 0 spiro atoms. The van der Waals surface area contributed by atoms with Gasteiger partial charge in [0, 0.05) is 23.7 Å². The third-order valence-electron chi connectivity index (χ3n) is 5.00. The van der Waals surface area contributed by atoms with Crippen molar-refractivity contribution < 1.29 is 19.1 Å². The highest BCUT2D eigenvalue weighted by Gasteiger charge is 2.59. The number of hydrogen-bond acceptors (Lipinski definition) is 6. The number of esters is 2. The van der Waals surface area contributed by atoms with E-state index in [1.165, 1.54) is 0 Å². The highest BCUT2D eigenvalue weighted by atomic mass is 16.5. The molecule has 134 valence electrons. The SMILES string of the molecule is CCOC(=O)C1=C2CC(C)(N2)C(C(=O)OCC)C1c1ccccc1N. The lowest BCUT2D eigenvalue weighted by Crippen LogP contribution is -2.66. The van der Waals surface area contributed by atoms with Crippen molar-refractivity contribution in [1.29, 1.82) is 0 Å². The lowest BCUT2D eigenvalue weighted by Gasteiger charge is -2.55. The summed E-state index contributed by atoms with van der Waals surface area (Å²) in [6.07, 6.45) is 0.619. The fraction of sp³-hybridized carbons (Fsp3) is 0.474. The molecule has 2 aliphatic heterocycles. The molecule has 0 radical (unpaired) electrons. The van der Waals surface area contributed by atoms with Crippen molar-refractivity contribution in [2.75, 3.05) is 18.9 Å². The predicted octanol–water partition coefficient (Wildman–Crippen LogP) is 2.11. The number of benzene rings is 1. The summed E-state index contributed by atoms with van der Waals surface area (Å²) in [5.74, 6) is -1.76. The number of nitrogens with one attached hydrogen (secondary N) is 1. The van der Waals surface area contributed by atoms with Crippen LogP contribution in [0.4, 0.5) is 5.69 Å². The maximum atomic E-state index is 12.8. The summed E-state index contributed by atoms with van der Waals surface area (Å²) < 4.78 is 10.6. The molecule has 4 rings (SSSR count). The molecule has 3 atom stereocenters. The summed E-state index contributed by atoms with van der Waals surface area (Å²) in [6.45, 7) is 6.07. The molecule has 2 heterocycles. The fourth-order valence-corrected chi connectivity index (χ4v) is 3.98. The third-order valence-corrected chi connectivity index (χ3v) is 5.00. The third kappa shape index (κ3) is 2.75. The van der Waals surface area contributed by atoms with Crippen LogP contribution in [0.5, 0.6) is 0 Å². The number of nitrogen functional groups attached to an aromatic ring is 1. The maximum Gasteiger partial charge on any atom is 0.336 e. The zero-order chi connectivity index (χ0) is 18.2. The van der Waals surface area contributed by atoms with Gasteiger partial charge >= 0.3 is 11.9 Å². The molecule has 3 N–H and O–H groups in total. The van der Waals surface area contributed by atoms with Crippen LogP contribution in [-0.4, -0.2) is 30.7 Å². The average Bonchev–Trinajstić information content (AvgIpc) is 2.54. The van der Waals surface area contributed by atoms with Gasteiger partial charge in [0.25, 0.3) is 0 Å². The van der Waals surface area contributed by atoms with Gasteiger partial charge in [-0.2, -0.15) is 0 Å². The van der Waals surface area contributed by atoms with Crippen LogP contribution < -0.4 is 11.1 Å². The zero-order valence-corrected chi connectivity index (χ0v) is 14.8. The van der Waals surface area contributed by atoms with Crippen LogP contribution in [0.15, 0.2) is 35.5 Å². The van der Waals surface area contributed by atoms with E-state index < -0.39 is 23.3 Å². The molecular weight excluding hydrogens is 320 g/mol. The average molecular weight is 344 g/mol. The van der Waals surface area contributed by atoms with Gasteiger partial charge in [0.15, 0.2) is 0 Å². The van der Waals surface area contributed by atoms with Crippen molar-refractivity contribution >= 4 is 17.6 Å². The molecule has 1 fully saturated rings. The molecule has 0 amide bonds. The van der Waals surface area contributed by atoms with E-state index in [0.717, 1.165) is 11.3 Å². The Bertz CT molecular complexity index is 733. The van der Waals surface area contributed by atoms with E-state index in [2.05, 4.69) is 5.32 Å². The van der Waals surface area contributed by atoms with Crippen molar-refractivity contribution in [3.8, 4) is 0 Å². The Morgan fingerprint density at radius 1 is 1.24 bits per heavy atom. The van der Waals surface area contributed by atoms with Gasteiger partial charge in [-0.1, -0.05) is 18.2 Å². The van der Waals surface area contributed by atoms with Crippen molar-refractivity contribution in [2.24, 2.45) is 5.92 Å². The van der Waals surface area contributed by atoms with Crippen LogP contribution in [0, 0.1) is 5.92 Å². The molecule has 3 aliphatic rings. The van der Waals surface area contributed by atoms with Gasteiger partial charge in [0.1, 0.15) is 0 Å². The molecule has 1 aliphatic carbocycles. The van der Waals surface area contributed by atoms with E-state index in [-0.39, 0.29) is 19.2 Å². The molecule has 25 heavy (non-hydrogen) atoms. The minimum atomic E-state index is -0.547. The van der Waals surface area contributed by atoms with E-state index in [4.69, 9.17) is 15.2 Å². The molecule has 6 heteroatoms. The topological polar surface area (TPSA) is 90.6 Å². The number of nitrogens with two attached hydrogens (primary N) is 1. The summed E-state index contributed by atoms with van der Waals surface area (Å²) in [4.78, 5) is 25.4. The Morgan fingerprint density at radius 3 is 2.48 bits per heavy atom. The van der Waals surface area contributed by atoms with Gasteiger partial charge in [-0.05, 0) is 32.4 Å². The normalized spacial score (nSPS) is 27.2. The van der Waals surface area contributed by atoms with Crippen molar-refractivity contribution in [3.63, 3.8) is 0 Å². The van der Waals surface area contributed by atoms with E-state index >= 15 is 0 Å². The Labute approximate surface area is 147 Å². The maximum absolute atomic E-state index is 12.8. The first-order chi connectivity index (χ1) is 11.9. The number of para-hydroxylation sites is 1. The van der Waals surface area contributed by atoms with Crippen LogP contribution in [-0.2, 0) is 19.1 Å². The van der Waals surface area contributed by atoms with Crippen molar-refractivity contribution in [1.82, 2.24) is 5.32 Å². The van der Waals surface area contributed by atoms with E-state index in [1.807, 2.05) is 25.1 Å². The van der Waals surface area contributed by atoms with Gasteiger partial charge in [-0.15, -0.1) is 0 Å². The van der Waals surface area contributed by atoms with Crippen LogP contribution in [0.3, 0.4) is 0 Å². The lowest BCUT2D eigenvalue weighted by molar-refractivity contribution is -0.154. The second-order valence-electron chi connectivity index (χ2n) is 6.67. The fourth-order valence-electron chi connectivity index (χ4n) is 3.98. The second kappa shape index (κ2) is 6.43. The molecule has 0 aromatic heterocycles. The summed E-state index contributed by atoms with van der Waals surface area (Å²) in [6, 6.07) is 7.33. The first-order valence-electron chi connectivity index (χ1n) is 8.62. The van der Waals surface area contributed by atoms with Crippen LogP contribution in [0.25, 0.3) is 0 Å². The van der Waals surface area contributed by atoms with Crippen molar-refractivity contribution in [2.45, 2.75) is 38.6 Å². The summed E-state index contributed by atoms with van der Waals surface area (Å²) in [5, 5.41) is 3.29. The Balaban J connectivity index is 2.14. The molecule has 1 aromatic rings. The number of fused-ring (bicyclic) bond motifs is 2. The summed E-state index contributed by atoms with van der Waals surface area (Å²) in [5.41, 5.74) is 8.35. The zero-order valence-electron chi connectivity index (χ0n) is 14.8. The van der Waals surface area contributed by atoms with Crippen LogP contribution >= 0.6 is 0 Å². The molecule has 1 saturated heterocycles. The molecule has 6 nitrogen and oxygen atoms in total. The Hall–Kier alpha value is -2.50. The summed E-state index contributed by atoms with van der Waals surface area (Å²) >= 11 is 0. The predicted molar refractivity (Wildman–Crippen MR) is 93.5 cm³/mol. The summed E-state index contributed by atoms with van der Waals surface area (Å²) in [7, 11) is 0. The number of hydrogen-bond donors (Lipinski definition) is 2. The molecule has 2 bridgehead atoms. The number of ether oxygens (including phenoxy) is 2. The lowest BCUT2D eigenvalue weighted by atomic mass is 9.59. The Morgan fingerprint density at radius 2 is 1.88 bits per heavy atom. The number of carbonyl (C=O) groups excluding carboxylic acids is 2. The first kappa shape index (κ1) is 17.3. The molecule has 3 unspecified atom stereocenters. The molecule has 1 aromatic carbocycles. The highest BCUT2D eigenvalue weighted by Crippen LogP contribution is 2.53. The van der Waals surface area contributed by atoms with Gasteiger partial charge in [0.05, 0.1) is 30.2 Å². The highest BCUT2D eigenvalue weighted by molar-refractivity contribution is 5.95. The first-order valence-corrected chi connectivity index (χ1v) is 8.62. The molecule has 0 saturated carbocycles. The monoisotopic (exact) mass is 344 g/mol. The van der Waals surface area contributed by atoms with Gasteiger partial charge in [-0.3, -0.25) is 4.79 Å². The van der Waals surface area contributed by atoms with Crippen LogP contribution in [0.1, 0.15) is 38.7 Å². The smallest absolute Gasteiger partial charge is 0.336 e. The number of anilines is 1. The minimum Gasteiger partial charge on any atom is -0.466 e. The van der Waals surface area contributed by atoms with Gasteiger partial charge in [-0.25, -0.2) is 4.79 Å². The number of carbonyl (C=O) groups is 2.